The van der Waals surface area contributed by atoms with Gasteiger partial charge in [-0.05, 0) is 12.1 Å². The fraction of sp³-hybridized carbons (Fsp3) is 0.154. The molecule has 2 aromatic rings. The van der Waals surface area contributed by atoms with Crippen molar-refractivity contribution in [2.24, 2.45) is 10.9 Å². The fourth-order valence-corrected chi connectivity index (χ4v) is 3.26. The van der Waals surface area contributed by atoms with Crippen LogP contribution in [0.4, 0.5) is 4.79 Å². The van der Waals surface area contributed by atoms with E-state index in [9.17, 15) is 14.4 Å². The van der Waals surface area contributed by atoms with Gasteiger partial charge in [0.1, 0.15) is 10.9 Å². The maximum Gasteiger partial charge on any atom is 0.349 e. The van der Waals surface area contributed by atoms with Gasteiger partial charge >= 0.3 is 6.03 Å². The number of urea groups is 1. The van der Waals surface area contributed by atoms with E-state index in [-0.39, 0.29) is 12.3 Å². The fourth-order valence-electron chi connectivity index (χ4n) is 2.17. The van der Waals surface area contributed by atoms with Crippen LogP contribution in [0, 0.1) is 0 Å². The van der Waals surface area contributed by atoms with Crippen molar-refractivity contribution in [3.05, 3.63) is 29.3 Å². The summed E-state index contributed by atoms with van der Waals surface area (Å²) in [4.78, 5) is 39.5. The van der Waals surface area contributed by atoms with E-state index < -0.39 is 23.6 Å². The van der Waals surface area contributed by atoms with Crippen LogP contribution in [0.2, 0.25) is 0 Å². The average molecular weight is 332 g/mol. The van der Waals surface area contributed by atoms with Crippen LogP contribution in [-0.4, -0.2) is 35.0 Å². The lowest BCUT2D eigenvalue weighted by Crippen LogP contribution is -2.49. The third kappa shape index (κ3) is 2.89. The predicted octanol–water partition coefficient (Wildman–Crippen LogP) is -0.392. The van der Waals surface area contributed by atoms with E-state index in [1.54, 1.807) is 0 Å². The van der Waals surface area contributed by atoms with Crippen LogP contribution in [-0.2, 0) is 9.59 Å². The standard InChI is InChI=1S/C13H12N6O3S/c14-17-13(22)19-18-7-5-15-11(21)10(20)9(7)12-16-6-3-1-2-4-8(6)23-12/h1-4,9H,5,14H2,(H,15,21)(H2,17,19,22)/b18-7-/t9-/m0/s1. The molecule has 3 rings (SSSR count). The van der Waals surface area contributed by atoms with E-state index in [4.69, 9.17) is 5.84 Å². The summed E-state index contributed by atoms with van der Waals surface area (Å²) < 4.78 is 0.897. The second-order valence-corrected chi connectivity index (χ2v) is 5.75. The van der Waals surface area contributed by atoms with Crippen LogP contribution in [0.5, 0.6) is 0 Å². The number of aromatic nitrogens is 1. The third-order valence-corrected chi connectivity index (χ3v) is 4.34. The second kappa shape index (κ2) is 6.10. The summed E-state index contributed by atoms with van der Waals surface area (Å²) in [5, 5.41) is 6.74. The Kier molecular flexibility index (Phi) is 4.00. The van der Waals surface area contributed by atoms with Gasteiger partial charge in [0.15, 0.2) is 0 Å². The van der Waals surface area contributed by atoms with Crippen LogP contribution in [0.25, 0.3) is 10.2 Å². The molecule has 10 heteroatoms. The zero-order valence-corrected chi connectivity index (χ0v) is 12.5. The van der Waals surface area contributed by atoms with Crippen molar-refractivity contribution in [2.75, 3.05) is 6.54 Å². The smallest absolute Gasteiger partial charge is 0.344 e. The van der Waals surface area contributed by atoms with E-state index in [0.717, 1.165) is 10.2 Å². The van der Waals surface area contributed by atoms with Gasteiger partial charge in [-0.25, -0.2) is 21.0 Å². The number of amides is 3. The molecule has 118 valence electrons. The molecule has 0 aliphatic carbocycles. The van der Waals surface area contributed by atoms with Crippen molar-refractivity contribution >= 4 is 45.0 Å². The van der Waals surface area contributed by atoms with Crippen molar-refractivity contribution in [2.45, 2.75) is 5.92 Å². The number of nitrogens with two attached hydrogens (primary N) is 1. The van der Waals surface area contributed by atoms with Crippen molar-refractivity contribution in [3.8, 4) is 0 Å². The van der Waals surface area contributed by atoms with E-state index >= 15 is 0 Å². The van der Waals surface area contributed by atoms with Gasteiger partial charge in [0.05, 0.1) is 22.5 Å². The maximum absolute atomic E-state index is 12.2. The number of carbonyl (C=O) groups is 3. The van der Waals surface area contributed by atoms with Gasteiger partial charge in [0.25, 0.3) is 5.91 Å². The molecule has 0 saturated carbocycles. The summed E-state index contributed by atoms with van der Waals surface area (Å²) in [7, 11) is 0. The van der Waals surface area contributed by atoms with Gasteiger partial charge in [-0.1, -0.05) is 12.1 Å². The molecular formula is C13H12N6O3S. The summed E-state index contributed by atoms with van der Waals surface area (Å²) >= 11 is 1.31. The molecule has 23 heavy (non-hydrogen) atoms. The maximum atomic E-state index is 12.2. The molecule has 1 aliphatic heterocycles. The number of benzene rings is 1. The van der Waals surface area contributed by atoms with E-state index in [1.165, 1.54) is 11.3 Å². The molecule has 3 amide bonds. The molecule has 1 aromatic heterocycles. The Morgan fingerprint density at radius 1 is 1.39 bits per heavy atom. The lowest BCUT2D eigenvalue weighted by Gasteiger charge is -2.21. The summed E-state index contributed by atoms with van der Waals surface area (Å²) in [6.07, 6.45) is 0. The minimum atomic E-state index is -0.917. The van der Waals surface area contributed by atoms with E-state index in [1.807, 2.05) is 29.7 Å². The number of ketones is 1. The van der Waals surface area contributed by atoms with Gasteiger partial charge in [-0.2, -0.15) is 5.10 Å². The first-order chi connectivity index (χ1) is 11.1. The van der Waals surface area contributed by atoms with Crippen LogP contribution in [0.1, 0.15) is 10.9 Å². The van der Waals surface area contributed by atoms with Gasteiger partial charge < -0.3 is 5.32 Å². The third-order valence-electron chi connectivity index (χ3n) is 3.24. The number of carbonyl (C=O) groups excluding carboxylic acids is 3. The SMILES string of the molecule is NNC(=O)N/N=C1/CNC(=O)C(=O)[C@H]1c1nc2ccccc2s1. The minimum absolute atomic E-state index is 0.0377. The molecule has 0 radical (unpaired) electrons. The zero-order chi connectivity index (χ0) is 16.4. The van der Waals surface area contributed by atoms with Crippen molar-refractivity contribution in [3.63, 3.8) is 0 Å². The molecule has 1 aromatic carbocycles. The second-order valence-electron chi connectivity index (χ2n) is 4.69. The molecule has 5 N–H and O–H groups in total. The highest BCUT2D eigenvalue weighted by Gasteiger charge is 2.38. The van der Waals surface area contributed by atoms with Crippen LogP contribution in [0.3, 0.4) is 0 Å². The number of piperidine rings is 1. The highest BCUT2D eigenvalue weighted by molar-refractivity contribution is 7.19. The number of nitrogens with zero attached hydrogens (tertiary/aromatic N) is 2. The normalized spacial score (nSPS) is 19.7. The average Bonchev–Trinajstić information content (AvgIpc) is 2.98. The number of thiazole rings is 1. The number of hydrazone groups is 1. The molecule has 1 fully saturated rings. The number of hydrogen-bond donors (Lipinski definition) is 4. The zero-order valence-electron chi connectivity index (χ0n) is 11.7. The summed E-state index contributed by atoms with van der Waals surface area (Å²) in [5.41, 5.74) is 5.04. The Hall–Kier alpha value is -2.85. The predicted molar refractivity (Wildman–Crippen MR) is 83.7 cm³/mol. The Morgan fingerprint density at radius 3 is 2.91 bits per heavy atom. The number of rotatable bonds is 2. The van der Waals surface area contributed by atoms with Crippen molar-refractivity contribution < 1.29 is 14.4 Å². The van der Waals surface area contributed by atoms with Crippen molar-refractivity contribution in [1.82, 2.24) is 21.2 Å². The number of para-hydroxylation sites is 1. The monoisotopic (exact) mass is 332 g/mol. The van der Waals surface area contributed by atoms with Gasteiger partial charge in [-0.15, -0.1) is 11.3 Å². The Labute approximate surface area is 133 Å². The summed E-state index contributed by atoms with van der Waals surface area (Å²) in [5.74, 6) is 2.68. The number of nitrogens with one attached hydrogen (secondary N) is 3. The Balaban J connectivity index is 2.00. The molecule has 0 unspecified atom stereocenters. The first-order valence-electron chi connectivity index (χ1n) is 6.60. The topological polar surface area (TPSA) is 139 Å². The summed E-state index contributed by atoms with van der Waals surface area (Å²) in [6.45, 7) is 0.0377. The molecule has 1 aliphatic rings. The highest BCUT2D eigenvalue weighted by atomic mass is 32.1. The Morgan fingerprint density at radius 2 is 2.17 bits per heavy atom. The highest BCUT2D eigenvalue weighted by Crippen LogP contribution is 2.30. The van der Waals surface area contributed by atoms with Gasteiger partial charge in [0, 0.05) is 0 Å². The molecule has 0 bridgehead atoms. The van der Waals surface area contributed by atoms with E-state index in [0.29, 0.717) is 5.01 Å². The lowest BCUT2D eigenvalue weighted by molar-refractivity contribution is -0.138. The number of hydrazine groups is 1. The van der Waals surface area contributed by atoms with Crippen LogP contribution < -0.4 is 22.0 Å². The number of hydrogen-bond acceptors (Lipinski definition) is 7. The molecule has 1 atom stereocenters. The first-order valence-corrected chi connectivity index (χ1v) is 7.42. The first kappa shape index (κ1) is 15.1. The minimum Gasteiger partial charge on any atom is -0.344 e. The van der Waals surface area contributed by atoms with Gasteiger partial charge in [0.2, 0.25) is 5.78 Å². The Bertz CT molecular complexity index is 797. The van der Waals surface area contributed by atoms with Crippen molar-refractivity contribution in [1.29, 1.82) is 0 Å². The number of Topliss-reactive ketones (excluding diaryl/α,β-unsaturated/α-hetero) is 1. The van der Waals surface area contributed by atoms with Crippen LogP contribution >= 0.6 is 11.3 Å². The summed E-state index contributed by atoms with van der Waals surface area (Å²) in [6, 6.07) is 6.66. The number of fused-ring (bicyclic) bond motifs is 1. The van der Waals surface area contributed by atoms with E-state index in [2.05, 4.69) is 20.8 Å². The molecule has 0 spiro atoms. The largest absolute Gasteiger partial charge is 0.349 e. The molecular weight excluding hydrogens is 320 g/mol. The quantitative estimate of drug-likeness (QED) is 0.257. The van der Waals surface area contributed by atoms with Crippen LogP contribution in [0.15, 0.2) is 29.4 Å². The molecule has 9 nitrogen and oxygen atoms in total. The molecule has 1 saturated heterocycles. The molecule has 2 heterocycles. The van der Waals surface area contributed by atoms with Gasteiger partial charge in [-0.3, -0.25) is 15.0 Å². The lowest BCUT2D eigenvalue weighted by atomic mass is 9.94.